The van der Waals surface area contributed by atoms with E-state index < -0.39 is 6.10 Å². The number of aliphatic hydroxyl groups excluding tert-OH is 1. The van der Waals surface area contributed by atoms with Crippen LogP contribution in [0.2, 0.25) is 0 Å². The zero-order valence-corrected chi connectivity index (χ0v) is 20.4. The normalized spacial score (nSPS) is 12.2. The van der Waals surface area contributed by atoms with E-state index in [1.54, 1.807) is 36.5 Å². The molecular formula is C27H34N4O4. The molecule has 1 atom stereocenters. The standard InChI is InChI=1S/C27H34N4O4/c1-27(2,31-17-23(33)21-8-10-25(28)29-16-21)14-19-6-4-5-18(11-19)13-26(34)30-15-20-7-9-22(32)24(12-20)35-3/h4-12,16,23,31-33H,13-15,17H2,1-3H3,(H2,28,29)(H,30,34)/t23-/m0/s1. The molecule has 6 N–H and O–H groups in total. The lowest BCUT2D eigenvalue weighted by Gasteiger charge is -2.28. The minimum Gasteiger partial charge on any atom is -0.504 e. The Bertz CT molecular complexity index is 1130. The summed E-state index contributed by atoms with van der Waals surface area (Å²) in [6.07, 6.45) is 1.88. The molecule has 2 aromatic carbocycles. The van der Waals surface area contributed by atoms with Gasteiger partial charge in [0.2, 0.25) is 5.91 Å². The van der Waals surface area contributed by atoms with E-state index in [1.807, 2.05) is 24.3 Å². The molecule has 35 heavy (non-hydrogen) atoms. The minimum atomic E-state index is -0.689. The van der Waals surface area contributed by atoms with E-state index in [-0.39, 0.29) is 23.6 Å². The van der Waals surface area contributed by atoms with Crippen LogP contribution >= 0.6 is 0 Å². The van der Waals surface area contributed by atoms with Crippen molar-refractivity contribution >= 4 is 11.7 Å². The second-order valence-electron chi connectivity index (χ2n) is 9.25. The van der Waals surface area contributed by atoms with E-state index in [1.165, 1.54) is 7.11 Å². The molecule has 1 aromatic heterocycles. The van der Waals surface area contributed by atoms with Crippen molar-refractivity contribution in [3.63, 3.8) is 0 Å². The van der Waals surface area contributed by atoms with Gasteiger partial charge < -0.3 is 31.3 Å². The number of hydrogen-bond acceptors (Lipinski definition) is 7. The van der Waals surface area contributed by atoms with Crippen molar-refractivity contribution in [2.24, 2.45) is 0 Å². The molecule has 0 saturated heterocycles. The van der Waals surface area contributed by atoms with Gasteiger partial charge in [-0.1, -0.05) is 36.4 Å². The molecule has 3 aromatic rings. The SMILES string of the molecule is COc1cc(CNC(=O)Cc2cccc(CC(C)(C)NC[C@H](O)c3ccc(N)nc3)c2)ccc1O. The van der Waals surface area contributed by atoms with Gasteiger partial charge in [-0.05, 0) is 55.2 Å². The van der Waals surface area contributed by atoms with Crippen LogP contribution in [0.3, 0.4) is 0 Å². The third kappa shape index (κ3) is 7.98. The molecular weight excluding hydrogens is 444 g/mol. The maximum absolute atomic E-state index is 12.5. The van der Waals surface area contributed by atoms with E-state index in [4.69, 9.17) is 10.5 Å². The zero-order chi connectivity index (χ0) is 25.4. The summed E-state index contributed by atoms with van der Waals surface area (Å²) in [5.41, 5.74) is 8.90. The van der Waals surface area contributed by atoms with Crippen LogP contribution in [-0.2, 0) is 24.2 Å². The fourth-order valence-corrected chi connectivity index (χ4v) is 3.81. The van der Waals surface area contributed by atoms with Gasteiger partial charge in [-0.15, -0.1) is 0 Å². The number of hydrogen-bond donors (Lipinski definition) is 5. The first-order valence-electron chi connectivity index (χ1n) is 11.5. The van der Waals surface area contributed by atoms with Crippen LogP contribution in [0.15, 0.2) is 60.8 Å². The molecule has 0 aliphatic rings. The molecule has 1 heterocycles. The number of anilines is 1. The first kappa shape index (κ1) is 26.0. The Labute approximate surface area is 206 Å². The number of rotatable bonds is 11. The second-order valence-corrected chi connectivity index (χ2v) is 9.25. The number of pyridine rings is 1. The van der Waals surface area contributed by atoms with Crippen LogP contribution in [0, 0.1) is 0 Å². The van der Waals surface area contributed by atoms with E-state index in [2.05, 4.69) is 29.5 Å². The van der Waals surface area contributed by atoms with E-state index in [9.17, 15) is 15.0 Å². The monoisotopic (exact) mass is 478 g/mol. The predicted molar refractivity (Wildman–Crippen MR) is 136 cm³/mol. The Morgan fingerprint density at radius 2 is 1.89 bits per heavy atom. The number of aromatic nitrogens is 1. The highest BCUT2D eigenvalue weighted by molar-refractivity contribution is 5.78. The van der Waals surface area contributed by atoms with Crippen LogP contribution in [-0.4, -0.2) is 40.3 Å². The highest BCUT2D eigenvalue weighted by Crippen LogP contribution is 2.26. The molecule has 0 aliphatic heterocycles. The first-order chi connectivity index (χ1) is 16.6. The molecule has 0 radical (unpaired) electrons. The second kappa shape index (κ2) is 11.7. The number of carbonyl (C=O) groups excluding carboxylic acids is 1. The third-order valence-electron chi connectivity index (χ3n) is 5.70. The number of phenolic OH excluding ortho intramolecular Hbond substituents is 1. The predicted octanol–water partition coefficient (Wildman–Crippen LogP) is 2.88. The van der Waals surface area contributed by atoms with Crippen molar-refractivity contribution in [3.05, 3.63) is 83.0 Å². The van der Waals surface area contributed by atoms with Crippen LogP contribution < -0.4 is 21.1 Å². The molecule has 186 valence electrons. The van der Waals surface area contributed by atoms with Crippen molar-refractivity contribution in [3.8, 4) is 11.5 Å². The van der Waals surface area contributed by atoms with E-state index >= 15 is 0 Å². The van der Waals surface area contributed by atoms with E-state index in [0.717, 1.165) is 23.1 Å². The fraction of sp³-hybridized carbons (Fsp3) is 0.333. The van der Waals surface area contributed by atoms with Gasteiger partial charge in [-0.2, -0.15) is 0 Å². The number of β-amino-alcohol motifs (C(OH)–C–C–N with tert-alkyl or cyclic N) is 1. The molecule has 0 unspecified atom stereocenters. The number of benzene rings is 2. The first-order valence-corrected chi connectivity index (χ1v) is 11.5. The molecule has 1 amide bonds. The summed E-state index contributed by atoms with van der Waals surface area (Å²) in [7, 11) is 1.49. The number of nitrogens with one attached hydrogen (secondary N) is 2. The summed E-state index contributed by atoms with van der Waals surface area (Å²) in [4.78, 5) is 16.5. The molecule has 3 rings (SSSR count). The van der Waals surface area contributed by atoms with Gasteiger partial charge in [0, 0.05) is 30.4 Å². The van der Waals surface area contributed by atoms with Crippen molar-refractivity contribution < 1.29 is 19.7 Å². The van der Waals surface area contributed by atoms with Gasteiger partial charge in [0.05, 0.1) is 19.6 Å². The Morgan fingerprint density at radius 3 is 2.60 bits per heavy atom. The molecule has 0 saturated carbocycles. The van der Waals surface area contributed by atoms with Gasteiger partial charge >= 0.3 is 0 Å². The van der Waals surface area contributed by atoms with Crippen LogP contribution in [0.5, 0.6) is 11.5 Å². The Balaban J connectivity index is 1.51. The fourth-order valence-electron chi connectivity index (χ4n) is 3.81. The highest BCUT2D eigenvalue weighted by atomic mass is 16.5. The zero-order valence-electron chi connectivity index (χ0n) is 20.4. The number of amides is 1. The van der Waals surface area contributed by atoms with Gasteiger partial charge in [0.15, 0.2) is 11.5 Å². The van der Waals surface area contributed by atoms with Gasteiger partial charge in [0.1, 0.15) is 5.82 Å². The van der Waals surface area contributed by atoms with Gasteiger partial charge in [-0.3, -0.25) is 4.79 Å². The number of carbonyl (C=O) groups is 1. The van der Waals surface area contributed by atoms with Crippen molar-refractivity contribution in [1.82, 2.24) is 15.6 Å². The smallest absolute Gasteiger partial charge is 0.224 e. The maximum Gasteiger partial charge on any atom is 0.224 e. The summed E-state index contributed by atoms with van der Waals surface area (Å²) < 4.78 is 5.11. The number of aliphatic hydroxyl groups is 1. The van der Waals surface area contributed by atoms with Crippen LogP contribution in [0.1, 0.15) is 42.2 Å². The number of aromatic hydroxyl groups is 1. The summed E-state index contributed by atoms with van der Waals surface area (Å²) >= 11 is 0. The van der Waals surface area contributed by atoms with Crippen LogP contribution in [0.4, 0.5) is 5.82 Å². The molecule has 8 nitrogen and oxygen atoms in total. The molecule has 0 spiro atoms. The van der Waals surface area contributed by atoms with E-state index in [0.29, 0.717) is 30.2 Å². The lowest BCUT2D eigenvalue weighted by molar-refractivity contribution is -0.120. The summed E-state index contributed by atoms with van der Waals surface area (Å²) in [6, 6.07) is 16.4. The third-order valence-corrected chi connectivity index (χ3v) is 5.70. The quantitative estimate of drug-likeness (QED) is 0.286. The molecule has 0 bridgehead atoms. The van der Waals surface area contributed by atoms with Gasteiger partial charge in [0.25, 0.3) is 0 Å². The topological polar surface area (TPSA) is 130 Å². The minimum absolute atomic E-state index is 0.0635. The summed E-state index contributed by atoms with van der Waals surface area (Å²) in [6.45, 7) is 4.87. The molecule has 0 fully saturated rings. The number of nitrogens with two attached hydrogens (primary N) is 1. The number of methoxy groups -OCH3 is 1. The van der Waals surface area contributed by atoms with Crippen molar-refractivity contribution in [2.45, 2.75) is 44.9 Å². The Hall–Kier alpha value is -3.62. The van der Waals surface area contributed by atoms with Crippen molar-refractivity contribution in [1.29, 1.82) is 0 Å². The average Bonchev–Trinajstić information content (AvgIpc) is 2.82. The van der Waals surface area contributed by atoms with Crippen molar-refractivity contribution in [2.75, 3.05) is 19.4 Å². The largest absolute Gasteiger partial charge is 0.504 e. The number of ether oxygens (including phenoxy) is 1. The lowest BCUT2D eigenvalue weighted by Crippen LogP contribution is -2.43. The molecule has 8 heteroatoms. The Morgan fingerprint density at radius 1 is 1.11 bits per heavy atom. The maximum atomic E-state index is 12.5. The van der Waals surface area contributed by atoms with Crippen LogP contribution in [0.25, 0.3) is 0 Å². The number of phenols is 1. The lowest BCUT2D eigenvalue weighted by atomic mass is 9.93. The molecule has 0 aliphatic carbocycles. The average molecular weight is 479 g/mol. The van der Waals surface area contributed by atoms with Gasteiger partial charge in [-0.25, -0.2) is 4.98 Å². The number of nitrogen functional groups attached to an aromatic ring is 1. The summed E-state index contributed by atoms with van der Waals surface area (Å²) in [5, 5.41) is 26.5. The number of nitrogens with zero attached hydrogens (tertiary/aromatic N) is 1. The summed E-state index contributed by atoms with van der Waals surface area (Å²) in [5.74, 6) is 0.766. The Kier molecular flexibility index (Phi) is 8.68. The highest BCUT2D eigenvalue weighted by Gasteiger charge is 2.20.